The molecule has 0 spiro atoms. The monoisotopic (exact) mass is 356 g/mol. The standard InChI is InChI=1S/C19H40N2O2Si/c1-16(2)14-21(19(22)23-11-12-24(3,4)5)15-18(20)13-17-9-7-6-8-10-17/h16-18H,6-15,20H2,1-5H3/t18-/m0/s1. The number of amides is 1. The summed E-state index contributed by atoms with van der Waals surface area (Å²) in [5, 5.41) is 0. The third-order valence-corrected chi connectivity index (χ3v) is 6.44. The molecule has 5 heteroatoms. The Morgan fingerprint density at radius 1 is 1.17 bits per heavy atom. The van der Waals surface area contributed by atoms with Crippen molar-refractivity contribution in [1.29, 1.82) is 0 Å². The predicted molar refractivity (Wildman–Crippen MR) is 105 cm³/mol. The fourth-order valence-corrected chi connectivity index (χ4v) is 4.12. The molecule has 1 aliphatic rings. The minimum absolute atomic E-state index is 0.0661. The van der Waals surface area contributed by atoms with Gasteiger partial charge in [0.15, 0.2) is 0 Å². The second-order valence-corrected chi connectivity index (χ2v) is 14.8. The summed E-state index contributed by atoms with van der Waals surface area (Å²) < 4.78 is 5.54. The lowest BCUT2D eigenvalue weighted by atomic mass is 9.85. The van der Waals surface area contributed by atoms with E-state index in [0.29, 0.717) is 19.1 Å². The molecule has 0 aliphatic heterocycles. The summed E-state index contributed by atoms with van der Waals surface area (Å²) in [4.78, 5) is 14.3. The molecule has 0 aromatic rings. The van der Waals surface area contributed by atoms with E-state index in [-0.39, 0.29) is 12.1 Å². The number of rotatable bonds is 9. The highest BCUT2D eigenvalue weighted by atomic mass is 28.3. The minimum Gasteiger partial charge on any atom is -0.450 e. The van der Waals surface area contributed by atoms with Crippen molar-refractivity contribution in [3.05, 3.63) is 0 Å². The van der Waals surface area contributed by atoms with Gasteiger partial charge in [0.25, 0.3) is 0 Å². The smallest absolute Gasteiger partial charge is 0.409 e. The molecular formula is C19H40N2O2Si. The molecule has 0 saturated heterocycles. The van der Waals surface area contributed by atoms with Crippen LogP contribution in [-0.2, 0) is 4.74 Å². The number of nitrogens with two attached hydrogens (primary N) is 1. The first kappa shape index (κ1) is 21.5. The van der Waals surface area contributed by atoms with Gasteiger partial charge in [0.1, 0.15) is 0 Å². The highest BCUT2D eigenvalue weighted by Crippen LogP contribution is 2.27. The Hall–Kier alpha value is -0.553. The van der Waals surface area contributed by atoms with Crippen LogP contribution in [0.1, 0.15) is 52.4 Å². The summed E-state index contributed by atoms with van der Waals surface area (Å²) in [7, 11) is -1.17. The highest BCUT2D eigenvalue weighted by molar-refractivity contribution is 6.76. The van der Waals surface area contributed by atoms with Gasteiger partial charge in [-0.05, 0) is 24.3 Å². The van der Waals surface area contributed by atoms with E-state index in [9.17, 15) is 4.79 Å². The van der Waals surface area contributed by atoms with Gasteiger partial charge in [-0.15, -0.1) is 0 Å². The van der Waals surface area contributed by atoms with E-state index in [1.54, 1.807) is 0 Å². The molecule has 0 bridgehead atoms. The minimum atomic E-state index is -1.17. The second kappa shape index (κ2) is 10.4. The van der Waals surface area contributed by atoms with Crippen molar-refractivity contribution in [1.82, 2.24) is 4.90 Å². The summed E-state index contributed by atoms with van der Waals surface area (Å²) >= 11 is 0. The van der Waals surface area contributed by atoms with Crippen molar-refractivity contribution in [2.75, 3.05) is 19.7 Å². The molecule has 1 atom stereocenters. The van der Waals surface area contributed by atoms with Crippen molar-refractivity contribution in [3.8, 4) is 0 Å². The average Bonchev–Trinajstić information content (AvgIpc) is 2.45. The normalized spacial score (nSPS) is 17.8. The lowest BCUT2D eigenvalue weighted by Gasteiger charge is -2.30. The second-order valence-electron chi connectivity index (χ2n) is 9.22. The Morgan fingerprint density at radius 2 is 1.79 bits per heavy atom. The van der Waals surface area contributed by atoms with Crippen LogP contribution >= 0.6 is 0 Å². The number of hydrogen-bond donors (Lipinski definition) is 1. The molecule has 1 aliphatic carbocycles. The van der Waals surface area contributed by atoms with Crippen LogP contribution in [0.4, 0.5) is 4.79 Å². The molecule has 1 rings (SSSR count). The maximum Gasteiger partial charge on any atom is 0.409 e. The number of nitrogens with zero attached hydrogens (tertiary/aromatic N) is 1. The van der Waals surface area contributed by atoms with Crippen LogP contribution in [0.2, 0.25) is 25.7 Å². The number of carbonyl (C=O) groups is 1. The van der Waals surface area contributed by atoms with Gasteiger partial charge < -0.3 is 15.4 Å². The van der Waals surface area contributed by atoms with Gasteiger partial charge >= 0.3 is 6.09 Å². The lowest BCUT2D eigenvalue weighted by Crippen LogP contribution is -2.44. The summed E-state index contributed by atoms with van der Waals surface area (Å²) in [6.07, 6.45) is 7.51. The molecule has 0 unspecified atom stereocenters. The third kappa shape index (κ3) is 9.67. The van der Waals surface area contributed by atoms with Gasteiger partial charge in [0.2, 0.25) is 0 Å². The number of carbonyl (C=O) groups excluding carboxylic acids is 1. The molecule has 0 radical (unpaired) electrons. The molecule has 0 heterocycles. The number of ether oxygens (including phenoxy) is 1. The topological polar surface area (TPSA) is 55.6 Å². The Bertz CT molecular complexity index is 363. The maximum absolute atomic E-state index is 12.5. The van der Waals surface area contributed by atoms with Gasteiger partial charge in [-0.1, -0.05) is 65.6 Å². The molecule has 4 nitrogen and oxygen atoms in total. The largest absolute Gasteiger partial charge is 0.450 e. The van der Waals surface area contributed by atoms with Crippen LogP contribution in [0.15, 0.2) is 0 Å². The van der Waals surface area contributed by atoms with Crippen LogP contribution < -0.4 is 5.73 Å². The van der Waals surface area contributed by atoms with Crippen molar-refractivity contribution in [3.63, 3.8) is 0 Å². The fourth-order valence-electron chi connectivity index (χ4n) is 3.41. The van der Waals surface area contributed by atoms with Crippen LogP contribution in [0, 0.1) is 11.8 Å². The fraction of sp³-hybridized carbons (Fsp3) is 0.947. The van der Waals surface area contributed by atoms with E-state index in [4.69, 9.17) is 10.5 Å². The van der Waals surface area contributed by atoms with Crippen LogP contribution in [-0.4, -0.2) is 44.8 Å². The Labute approximate surface area is 150 Å². The highest BCUT2D eigenvalue weighted by Gasteiger charge is 2.23. The molecule has 2 N–H and O–H groups in total. The zero-order valence-electron chi connectivity index (χ0n) is 16.6. The summed E-state index contributed by atoms with van der Waals surface area (Å²) in [5.74, 6) is 1.17. The lowest BCUT2D eigenvalue weighted by molar-refractivity contribution is 0.0979. The van der Waals surface area contributed by atoms with Crippen molar-refractivity contribution in [2.45, 2.75) is 84.1 Å². The van der Waals surface area contributed by atoms with E-state index in [0.717, 1.165) is 24.9 Å². The number of hydrogen-bond acceptors (Lipinski definition) is 3. The van der Waals surface area contributed by atoms with Crippen LogP contribution in [0.25, 0.3) is 0 Å². The third-order valence-electron chi connectivity index (χ3n) is 4.74. The molecule has 142 valence electrons. The summed E-state index contributed by atoms with van der Waals surface area (Å²) in [6, 6.07) is 1.08. The van der Waals surface area contributed by atoms with E-state index in [1.807, 2.05) is 4.90 Å². The molecule has 24 heavy (non-hydrogen) atoms. The Morgan fingerprint density at radius 3 is 2.33 bits per heavy atom. The molecule has 1 fully saturated rings. The molecule has 0 aromatic carbocycles. The zero-order chi connectivity index (χ0) is 18.2. The Balaban J connectivity index is 2.45. The van der Waals surface area contributed by atoms with Crippen LogP contribution in [0.5, 0.6) is 0 Å². The first-order valence-corrected chi connectivity index (χ1v) is 13.6. The van der Waals surface area contributed by atoms with E-state index in [2.05, 4.69) is 33.5 Å². The van der Waals surface area contributed by atoms with Gasteiger partial charge in [0.05, 0.1) is 6.61 Å². The van der Waals surface area contributed by atoms with Crippen LogP contribution in [0.3, 0.4) is 0 Å². The van der Waals surface area contributed by atoms with Gasteiger partial charge in [-0.2, -0.15) is 0 Å². The average molecular weight is 357 g/mol. The zero-order valence-corrected chi connectivity index (χ0v) is 17.6. The summed E-state index contributed by atoms with van der Waals surface area (Å²) in [5.41, 5.74) is 6.37. The first-order valence-electron chi connectivity index (χ1n) is 9.84. The maximum atomic E-state index is 12.5. The molecule has 1 saturated carbocycles. The predicted octanol–water partition coefficient (Wildman–Crippen LogP) is 4.72. The van der Waals surface area contributed by atoms with E-state index in [1.165, 1.54) is 32.1 Å². The van der Waals surface area contributed by atoms with Crippen molar-refractivity contribution < 1.29 is 9.53 Å². The van der Waals surface area contributed by atoms with E-state index >= 15 is 0 Å². The summed E-state index contributed by atoms with van der Waals surface area (Å²) in [6.45, 7) is 13.1. The Kier molecular flexibility index (Phi) is 9.35. The quantitative estimate of drug-likeness (QED) is 0.608. The molecular weight excluding hydrogens is 316 g/mol. The van der Waals surface area contributed by atoms with Gasteiger partial charge in [-0.3, -0.25) is 0 Å². The molecule has 1 amide bonds. The van der Waals surface area contributed by atoms with Gasteiger partial charge in [0, 0.05) is 27.2 Å². The van der Waals surface area contributed by atoms with E-state index < -0.39 is 8.07 Å². The van der Waals surface area contributed by atoms with Crippen molar-refractivity contribution >= 4 is 14.2 Å². The van der Waals surface area contributed by atoms with Gasteiger partial charge in [-0.25, -0.2) is 4.79 Å². The molecule has 0 aromatic heterocycles. The van der Waals surface area contributed by atoms with Crippen molar-refractivity contribution in [2.24, 2.45) is 17.6 Å². The first-order chi connectivity index (χ1) is 11.2. The SMILES string of the molecule is CC(C)CN(C[C@@H](N)CC1CCCCC1)C(=O)OCC[Si](C)(C)C.